The lowest BCUT2D eigenvalue weighted by Crippen LogP contribution is -2.31. The van der Waals surface area contributed by atoms with Crippen LogP contribution in [0.15, 0.2) is 133 Å². The molecule has 0 radical (unpaired) electrons. The van der Waals surface area contributed by atoms with Crippen molar-refractivity contribution in [3.05, 3.63) is 188 Å². The topological polar surface area (TPSA) is 68.3 Å². The highest BCUT2D eigenvalue weighted by Gasteiger charge is 2.38. The van der Waals surface area contributed by atoms with Gasteiger partial charge in [0.1, 0.15) is 0 Å². The quantitative estimate of drug-likeness (QED) is 0.0321. The van der Waals surface area contributed by atoms with Crippen LogP contribution in [-0.4, -0.2) is 21.6 Å². The fraction of sp³-hybridized carbons (Fsp3) is 0.302. The largest absolute Gasteiger partial charge is 0.297 e. The van der Waals surface area contributed by atoms with E-state index in [4.69, 9.17) is 0 Å². The molecule has 0 bridgehead atoms. The maximum Gasteiger partial charge on any atom is 0.186 e. The van der Waals surface area contributed by atoms with Crippen LogP contribution in [0.5, 0.6) is 0 Å². The summed E-state index contributed by atoms with van der Waals surface area (Å²) in [6.07, 6.45) is 12.6. The van der Waals surface area contributed by atoms with Gasteiger partial charge in [-0.1, -0.05) is 185 Å². The average molecular weight is 1110 g/mol. The minimum atomic E-state index is -0.736. The van der Waals surface area contributed by atoms with Crippen molar-refractivity contribution >= 4 is 102 Å². The summed E-state index contributed by atoms with van der Waals surface area (Å²) in [5.74, 6) is 1.81. The number of carbonyl (C=O) groups excluding carboxylic acids is 4. The summed E-state index contributed by atoms with van der Waals surface area (Å²) in [6.45, 7) is 9.34. The third-order valence-corrected chi connectivity index (χ3v) is 21.1. The highest BCUT2D eigenvalue weighted by molar-refractivity contribution is 8.13. The molecule has 8 rings (SSSR count). The van der Waals surface area contributed by atoms with Crippen molar-refractivity contribution < 1.29 is 19.2 Å². The third-order valence-electron chi connectivity index (χ3n) is 13.3. The van der Waals surface area contributed by atoms with Gasteiger partial charge < -0.3 is 0 Å². The van der Waals surface area contributed by atoms with Crippen molar-refractivity contribution in [1.82, 2.24) is 0 Å². The molecule has 0 aliphatic heterocycles. The molecule has 11 heteroatoms. The molecule has 0 saturated carbocycles. The lowest BCUT2D eigenvalue weighted by molar-refractivity contribution is -0.109. The van der Waals surface area contributed by atoms with Gasteiger partial charge in [0.05, 0.1) is 10.3 Å². The van der Waals surface area contributed by atoms with Crippen molar-refractivity contribution in [2.45, 2.75) is 122 Å². The van der Waals surface area contributed by atoms with E-state index in [1.54, 1.807) is 32.1 Å². The van der Waals surface area contributed by atoms with Crippen LogP contribution in [0.3, 0.4) is 0 Å². The lowest BCUT2D eigenvalue weighted by Gasteiger charge is -2.37. The molecule has 0 aliphatic carbocycles. The van der Waals surface area contributed by atoms with Gasteiger partial charge in [-0.2, -0.15) is 0 Å². The summed E-state index contributed by atoms with van der Waals surface area (Å²) in [5, 5.41) is 0.281. The Morgan fingerprint density at radius 3 is 1.20 bits per heavy atom. The molecule has 0 unspecified atom stereocenters. The number of hydrogen-bond acceptors (Lipinski definition) is 11. The van der Waals surface area contributed by atoms with Crippen molar-refractivity contribution in [3.63, 3.8) is 0 Å². The van der Waals surface area contributed by atoms with Crippen LogP contribution < -0.4 is 0 Å². The van der Waals surface area contributed by atoms with Gasteiger partial charge in [-0.3, -0.25) is 19.2 Å². The van der Waals surface area contributed by atoms with Crippen LogP contribution in [0, 0.1) is 0 Å². The SMILES string of the molecule is CCCCCCc1cc(C=O)sc1-c1ccc(-c2ccc(-c3sc(-c4ccc(C(c5ccc(CSC(C)=O)cc5)(c5ccc(CSC(C)=O)cc5)c5ccc(CSC(C)=O)cc5)cc4)cc3CCCCCC)s2)s1. The summed E-state index contributed by atoms with van der Waals surface area (Å²) in [4.78, 5) is 57.5. The van der Waals surface area contributed by atoms with E-state index in [1.165, 1.54) is 125 Å². The van der Waals surface area contributed by atoms with E-state index in [0.29, 0.717) is 17.3 Å². The first-order valence-corrected chi connectivity index (χ1v) is 31.9. The second-order valence-electron chi connectivity index (χ2n) is 18.8. The maximum absolute atomic E-state index is 12.0. The van der Waals surface area contributed by atoms with Gasteiger partial charge in [-0.05, 0) is 118 Å². The molecule has 0 amide bonds. The van der Waals surface area contributed by atoms with Crippen LogP contribution in [0.4, 0.5) is 0 Å². The number of hydrogen-bond donors (Lipinski definition) is 0. The number of rotatable bonds is 25. The molecule has 74 heavy (non-hydrogen) atoms. The van der Waals surface area contributed by atoms with E-state index in [2.05, 4.69) is 147 Å². The molecule has 4 aromatic carbocycles. The second-order valence-corrected chi connectivity index (χ2v) is 26.6. The zero-order valence-electron chi connectivity index (χ0n) is 43.0. The molecule has 0 saturated heterocycles. The number of carbonyl (C=O) groups is 4. The maximum atomic E-state index is 12.0. The standard InChI is InChI=1S/C63H64O4S7/c1-6-8-10-12-14-49-36-55(38-64)71-61(49)58-34-32-56(72-58)57-33-35-59(73-57)62-50(15-13-11-9-7-2)37-60(74-62)48-22-30-54(31-23-48)63(51-24-16-45(17-25-51)39-68-42(3)65,52-26-18-46(19-27-52)40-69-43(4)66)53-28-20-47(21-29-53)41-70-44(5)67/h16-38H,6-15,39-41H2,1-5H3. The van der Waals surface area contributed by atoms with Crippen LogP contribution in [0.25, 0.3) is 39.7 Å². The van der Waals surface area contributed by atoms with Crippen LogP contribution in [0.1, 0.15) is 146 Å². The lowest BCUT2D eigenvalue weighted by atomic mass is 9.65. The molecular weight excluding hydrogens is 1050 g/mol. The number of unbranched alkanes of at least 4 members (excludes halogenated alkanes) is 6. The highest BCUT2D eigenvalue weighted by atomic mass is 32.2. The third kappa shape index (κ3) is 13.9. The Labute approximate surface area is 467 Å². The Kier molecular flexibility index (Phi) is 20.3. The number of benzene rings is 4. The zero-order chi connectivity index (χ0) is 52.0. The summed E-state index contributed by atoms with van der Waals surface area (Å²) < 4.78 is 0. The predicted molar refractivity (Wildman–Crippen MR) is 325 cm³/mol. The van der Waals surface area contributed by atoms with Crippen molar-refractivity contribution in [2.24, 2.45) is 0 Å². The first-order valence-electron chi connectivity index (χ1n) is 25.7. The summed E-state index contributed by atoms with van der Waals surface area (Å²) in [6, 6.07) is 49.0. The molecule has 0 fully saturated rings. The molecule has 0 aliphatic rings. The Balaban J connectivity index is 1.17. The van der Waals surface area contributed by atoms with Gasteiger partial charge in [0.25, 0.3) is 0 Å². The summed E-state index contributed by atoms with van der Waals surface area (Å²) in [5.41, 5.74) is 10.8. The van der Waals surface area contributed by atoms with Crippen molar-refractivity contribution in [1.29, 1.82) is 0 Å². The average Bonchev–Trinajstić information content (AvgIpc) is 4.26. The molecular formula is C63H64O4S7. The van der Waals surface area contributed by atoms with Crippen molar-refractivity contribution in [3.8, 4) is 39.7 Å². The fourth-order valence-corrected chi connectivity index (χ4v) is 15.9. The molecule has 4 heterocycles. The molecule has 0 N–H and O–H groups in total. The normalized spacial score (nSPS) is 11.6. The number of aryl methyl sites for hydroxylation is 2. The predicted octanol–water partition coefficient (Wildman–Crippen LogP) is 19.4. The van der Waals surface area contributed by atoms with Crippen molar-refractivity contribution in [2.75, 3.05) is 0 Å². The van der Waals surface area contributed by atoms with E-state index in [1.807, 2.05) is 34.0 Å². The molecule has 0 spiro atoms. The van der Waals surface area contributed by atoms with Gasteiger partial charge in [0.2, 0.25) is 0 Å². The van der Waals surface area contributed by atoms with Crippen LogP contribution in [0.2, 0.25) is 0 Å². The highest BCUT2D eigenvalue weighted by Crippen LogP contribution is 2.49. The molecule has 382 valence electrons. The minimum absolute atomic E-state index is 0.0937. The Morgan fingerprint density at radius 2 is 0.811 bits per heavy atom. The van der Waals surface area contributed by atoms with E-state index < -0.39 is 5.41 Å². The monoisotopic (exact) mass is 1110 g/mol. The van der Waals surface area contributed by atoms with E-state index in [-0.39, 0.29) is 15.3 Å². The number of aldehydes is 1. The van der Waals surface area contributed by atoms with E-state index in [9.17, 15) is 19.2 Å². The summed E-state index contributed by atoms with van der Waals surface area (Å²) >= 11 is 11.2. The van der Waals surface area contributed by atoms with Gasteiger partial charge in [-0.25, -0.2) is 0 Å². The zero-order valence-corrected chi connectivity index (χ0v) is 48.7. The Bertz CT molecular complexity index is 2980. The summed E-state index contributed by atoms with van der Waals surface area (Å²) in [7, 11) is 0. The van der Waals surface area contributed by atoms with Gasteiger partial charge in [0.15, 0.2) is 21.6 Å². The Morgan fingerprint density at radius 1 is 0.432 bits per heavy atom. The minimum Gasteiger partial charge on any atom is -0.297 e. The number of thioether (sulfide) groups is 3. The second kappa shape index (κ2) is 26.9. The first-order chi connectivity index (χ1) is 36.0. The van der Waals surface area contributed by atoms with Gasteiger partial charge >= 0.3 is 0 Å². The smallest absolute Gasteiger partial charge is 0.186 e. The number of thiophene rings is 4. The molecule has 4 aromatic heterocycles. The fourth-order valence-electron chi connectivity index (χ4n) is 9.53. The van der Waals surface area contributed by atoms with E-state index in [0.717, 1.165) is 75.8 Å². The van der Waals surface area contributed by atoms with Gasteiger partial charge in [-0.15, -0.1) is 45.3 Å². The molecule has 4 nitrogen and oxygen atoms in total. The molecule has 8 aromatic rings. The van der Waals surface area contributed by atoms with Gasteiger partial charge in [0, 0.05) is 72.2 Å². The van der Waals surface area contributed by atoms with E-state index >= 15 is 0 Å². The molecule has 0 atom stereocenters. The Hall–Kier alpha value is -4.59. The van der Waals surface area contributed by atoms with Crippen LogP contribution >= 0.6 is 80.6 Å². The first kappa shape index (κ1) is 55.6. The van der Waals surface area contributed by atoms with Crippen LogP contribution in [-0.2, 0) is 49.9 Å².